The van der Waals surface area contributed by atoms with Gasteiger partial charge in [0.25, 0.3) is 0 Å². The second-order valence-electron chi connectivity index (χ2n) is 4.37. The molecule has 2 N–H and O–H groups in total. The molecule has 0 unspecified atom stereocenters. The second kappa shape index (κ2) is 8.18. The average Bonchev–Trinajstić information content (AvgIpc) is 2.91. The number of nitrogens with one attached hydrogen (secondary N) is 2. The van der Waals surface area contributed by atoms with E-state index in [-0.39, 0.29) is 6.54 Å². The molecule has 0 bridgehead atoms. The van der Waals surface area contributed by atoms with Crippen LogP contribution < -0.4 is 10.6 Å². The number of halogens is 3. The zero-order valence-electron chi connectivity index (χ0n) is 12.3. The Morgan fingerprint density at radius 2 is 2.14 bits per heavy atom. The highest BCUT2D eigenvalue weighted by molar-refractivity contribution is 7.09. The molecule has 9 heteroatoms. The standard InChI is InChI=1S/C12H20F3N5S/c1-4-20(3)6-5-17-11(16-2)18-7-10-19-9(8-21-10)12(13,14)15/h8H,4-7H2,1-3H3,(H2,16,17,18). The Labute approximate surface area is 126 Å². The number of hydrogen-bond acceptors (Lipinski definition) is 4. The van der Waals surface area contributed by atoms with Gasteiger partial charge in [0, 0.05) is 25.5 Å². The molecule has 0 aromatic carbocycles. The predicted octanol–water partition coefficient (Wildman–Crippen LogP) is 1.78. The summed E-state index contributed by atoms with van der Waals surface area (Å²) in [6.07, 6.45) is -4.39. The molecule has 0 spiro atoms. The van der Waals surface area contributed by atoms with E-state index in [0.29, 0.717) is 17.5 Å². The van der Waals surface area contributed by atoms with Crippen LogP contribution in [0.3, 0.4) is 0 Å². The van der Waals surface area contributed by atoms with Crippen LogP contribution in [0.4, 0.5) is 13.2 Å². The second-order valence-corrected chi connectivity index (χ2v) is 5.32. The van der Waals surface area contributed by atoms with E-state index in [2.05, 4.69) is 32.4 Å². The highest BCUT2D eigenvalue weighted by atomic mass is 32.1. The monoisotopic (exact) mass is 323 g/mol. The summed E-state index contributed by atoms with van der Waals surface area (Å²) in [7, 11) is 3.62. The first-order valence-electron chi connectivity index (χ1n) is 6.51. The van der Waals surface area contributed by atoms with Gasteiger partial charge in [-0.3, -0.25) is 4.99 Å². The first kappa shape index (κ1) is 17.7. The summed E-state index contributed by atoms with van der Waals surface area (Å²) in [5.74, 6) is 0.545. The summed E-state index contributed by atoms with van der Waals surface area (Å²) in [6.45, 7) is 4.78. The molecule has 1 heterocycles. The van der Waals surface area contributed by atoms with Crippen LogP contribution in [0.15, 0.2) is 10.4 Å². The number of hydrogen-bond donors (Lipinski definition) is 2. The van der Waals surface area contributed by atoms with Crippen LogP contribution in [-0.2, 0) is 12.7 Å². The van der Waals surface area contributed by atoms with Crippen LogP contribution in [0.2, 0.25) is 0 Å². The summed E-state index contributed by atoms with van der Waals surface area (Å²) in [5, 5.41) is 7.43. The zero-order chi connectivity index (χ0) is 15.9. The molecule has 1 aromatic heterocycles. The Kier molecular flexibility index (Phi) is 6.90. The number of likely N-dealkylation sites (N-methyl/N-ethyl adjacent to an activating group) is 1. The van der Waals surface area contributed by atoms with Gasteiger partial charge < -0.3 is 15.5 Å². The Morgan fingerprint density at radius 1 is 1.43 bits per heavy atom. The van der Waals surface area contributed by atoms with E-state index in [9.17, 15) is 13.2 Å². The molecule has 0 saturated carbocycles. The molecule has 1 rings (SSSR count). The van der Waals surface area contributed by atoms with Gasteiger partial charge in [0.1, 0.15) is 5.01 Å². The van der Waals surface area contributed by atoms with Gasteiger partial charge in [0.2, 0.25) is 0 Å². The van der Waals surface area contributed by atoms with Gasteiger partial charge in [-0.25, -0.2) is 4.98 Å². The minimum atomic E-state index is -4.39. The summed E-state index contributed by atoms with van der Waals surface area (Å²) < 4.78 is 37.3. The fourth-order valence-electron chi connectivity index (χ4n) is 1.43. The maximum Gasteiger partial charge on any atom is 0.434 e. The van der Waals surface area contributed by atoms with Crippen LogP contribution in [-0.4, -0.2) is 49.6 Å². The summed E-state index contributed by atoms with van der Waals surface area (Å²) in [4.78, 5) is 9.70. The van der Waals surface area contributed by atoms with Crippen molar-refractivity contribution in [1.82, 2.24) is 20.5 Å². The fraction of sp³-hybridized carbons (Fsp3) is 0.667. The number of guanidine groups is 1. The zero-order valence-corrected chi connectivity index (χ0v) is 13.1. The molecule has 0 saturated heterocycles. The summed E-state index contributed by atoms with van der Waals surface area (Å²) in [6, 6.07) is 0. The third-order valence-electron chi connectivity index (χ3n) is 2.80. The van der Waals surface area contributed by atoms with E-state index in [4.69, 9.17) is 0 Å². The molecular weight excluding hydrogens is 303 g/mol. The Balaban J connectivity index is 2.40. The molecule has 0 radical (unpaired) electrons. The predicted molar refractivity (Wildman–Crippen MR) is 78.5 cm³/mol. The highest BCUT2D eigenvalue weighted by Gasteiger charge is 2.33. The molecular formula is C12H20F3N5S. The molecule has 5 nitrogen and oxygen atoms in total. The van der Waals surface area contributed by atoms with Crippen LogP contribution in [0.25, 0.3) is 0 Å². The van der Waals surface area contributed by atoms with Crippen molar-refractivity contribution in [1.29, 1.82) is 0 Å². The van der Waals surface area contributed by atoms with Crippen LogP contribution in [0.5, 0.6) is 0 Å². The third kappa shape index (κ3) is 6.30. The SMILES string of the molecule is CCN(C)CCNC(=NC)NCc1nc(C(F)(F)F)cs1. The van der Waals surface area contributed by atoms with Crippen molar-refractivity contribution >= 4 is 17.3 Å². The first-order valence-corrected chi connectivity index (χ1v) is 7.39. The molecule has 0 fully saturated rings. The van der Waals surface area contributed by atoms with Gasteiger partial charge in [-0.15, -0.1) is 11.3 Å². The van der Waals surface area contributed by atoms with Crippen molar-refractivity contribution < 1.29 is 13.2 Å². The topological polar surface area (TPSA) is 52.5 Å². The van der Waals surface area contributed by atoms with Crippen molar-refractivity contribution in [2.24, 2.45) is 4.99 Å². The number of aliphatic imine (C=N–C) groups is 1. The summed E-state index contributed by atoms with van der Waals surface area (Å²) >= 11 is 0.977. The van der Waals surface area contributed by atoms with Gasteiger partial charge in [-0.1, -0.05) is 6.92 Å². The number of aromatic nitrogens is 1. The molecule has 0 atom stereocenters. The van der Waals surface area contributed by atoms with Crippen molar-refractivity contribution in [3.05, 3.63) is 16.1 Å². The molecule has 1 aromatic rings. The van der Waals surface area contributed by atoms with E-state index in [1.165, 1.54) is 0 Å². The average molecular weight is 323 g/mol. The van der Waals surface area contributed by atoms with Crippen LogP contribution in [0, 0.1) is 0 Å². The lowest BCUT2D eigenvalue weighted by atomic mass is 10.5. The van der Waals surface area contributed by atoms with Crippen LogP contribution >= 0.6 is 11.3 Å². The number of alkyl halides is 3. The van der Waals surface area contributed by atoms with Crippen molar-refractivity contribution in [2.75, 3.05) is 33.7 Å². The van der Waals surface area contributed by atoms with E-state index in [1.807, 2.05) is 7.05 Å². The van der Waals surface area contributed by atoms with E-state index in [1.54, 1.807) is 7.05 Å². The number of thiazole rings is 1. The fourth-order valence-corrected chi connectivity index (χ4v) is 2.17. The molecule has 0 aliphatic heterocycles. The van der Waals surface area contributed by atoms with Gasteiger partial charge in [0.05, 0.1) is 6.54 Å². The third-order valence-corrected chi connectivity index (χ3v) is 3.65. The number of rotatable bonds is 6. The van der Waals surface area contributed by atoms with Crippen molar-refractivity contribution in [2.45, 2.75) is 19.6 Å². The first-order chi connectivity index (χ1) is 9.86. The lowest BCUT2D eigenvalue weighted by molar-refractivity contribution is -0.140. The Bertz CT molecular complexity index is 458. The minimum Gasteiger partial charge on any atom is -0.355 e. The van der Waals surface area contributed by atoms with E-state index < -0.39 is 11.9 Å². The van der Waals surface area contributed by atoms with Gasteiger partial charge in [0.15, 0.2) is 11.7 Å². The maximum absolute atomic E-state index is 12.4. The van der Waals surface area contributed by atoms with Gasteiger partial charge in [-0.05, 0) is 13.6 Å². The van der Waals surface area contributed by atoms with Crippen molar-refractivity contribution in [3.63, 3.8) is 0 Å². The quantitative estimate of drug-likeness (QED) is 0.619. The van der Waals surface area contributed by atoms with E-state index >= 15 is 0 Å². The number of nitrogens with zero attached hydrogens (tertiary/aromatic N) is 3. The largest absolute Gasteiger partial charge is 0.434 e. The lowest BCUT2D eigenvalue weighted by Gasteiger charge is -2.16. The smallest absolute Gasteiger partial charge is 0.355 e. The van der Waals surface area contributed by atoms with Crippen molar-refractivity contribution in [3.8, 4) is 0 Å². The van der Waals surface area contributed by atoms with Gasteiger partial charge in [-0.2, -0.15) is 13.2 Å². The maximum atomic E-state index is 12.4. The Morgan fingerprint density at radius 3 is 2.67 bits per heavy atom. The minimum absolute atomic E-state index is 0.212. The molecule has 120 valence electrons. The molecule has 0 aliphatic rings. The Hall–Kier alpha value is -1.35. The van der Waals surface area contributed by atoms with Crippen LogP contribution in [0.1, 0.15) is 17.6 Å². The van der Waals surface area contributed by atoms with Gasteiger partial charge >= 0.3 is 6.18 Å². The molecule has 21 heavy (non-hydrogen) atoms. The molecule has 0 amide bonds. The van der Waals surface area contributed by atoms with E-state index in [0.717, 1.165) is 29.8 Å². The highest BCUT2D eigenvalue weighted by Crippen LogP contribution is 2.29. The normalized spacial score (nSPS) is 12.8. The molecule has 0 aliphatic carbocycles. The lowest BCUT2D eigenvalue weighted by Crippen LogP contribution is -2.40. The summed E-state index contributed by atoms with van der Waals surface area (Å²) in [5.41, 5.74) is -0.850.